The molecule has 2 heterocycles. The smallest absolute Gasteiger partial charge is 0.312 e. The molecule has 0 radical (unpaired) electrons. The van der Waals surface area contributed by atoms with Gasteiger partial charge in [-0.25, -0.2) is 4.98 Å². The predicted octanol–water partition coefficient (Wildman–Crippen LogP) is 4.60. The number of thiophene rings is 1. The number of ether oxygens (including phenoxy) is 1. The number of aliphatic carboxylic acids is 1. The van der Waals surface area contributed by atoms with E-state index in [-0.39, 0.29) is 0 Å². The normalized spacial score (nSPS) is 12.6. The lowest BCUT2D eigenvalue weighted by Crippen LogP contribution is -2.24. The maximum Gasteiger partial charge on any atom is 0.312 e. The quantitative estimate of drug-likeness (QED) is 0.375. The van der Waals surface area contributed by atoms with Crippen LogP contribution in [0.15, 0.2) is 51.4 Å². The number of aryl methyl sites for hydroxylation is 1. The Morgan fingerprint density at radius 2 is 2.07 bits per heavy atom. The highest BCUT2D eigenvalue weighted by molar-refractivity contribution is 7.13. The number of carbonyl (C=O) groups is 1. The summed E-state index contributed by atoms with van der Waals surface area (Å²) in [6, 6.07) is 11.3. The van der Waals surface area contributed by atoms with Crippen LogP contribution in [0.2, 0.25) is 0 Å². The molecule has 0 aliphatic heterocycles. The van der Waals surface area contributed by atoms with Gasteiger partial charge in [-0.2, -0.15) is 0 Å². The summed E-state index contributed by atoms with van der Waals surface area (Å²) in [6.07, 6.45) is 0.966. The van der Waals surface area contributed by atoms with Crippen LogP contribution in [0.3, 0.4) is 0 Å². The molecule has 1 atom stereocenters. The van der Waals surface area contributed by atoms with Gasteiger partial charge in [0, 0.05) is 6.42 Å². The van der Waals surface area contributed by atoms with Crippen molar-refractivity contribution in [3.8, 4) is 16.5 Å². The molecule has 1 aromatic carbocycles. The summed E-state index contributed by atoms with van der Waals surface area (Å²) in [4.78, 5) is 21.8. The number of benzene rings is 1. The van der Waals surface area contributed by atoms with Gasteiger partial charge >= 0.3 is 5.97 Å². The molecule has 2 aromatic heterocycles. The number of aromatic nitrogens is 1. The van der Waals surface area contributed by atoms with Gasteiger partial charge in [-0.3, -0.25) is 4.79 Å². The first-order valence-electron chi connectivity index (χ1n) is 9.50. The highest BCUT2D eigenvalue weighted by Crippen LogP contribution is 2.26. The average molecular weight is 429 g/mol. The van der Waals surface area contributed by atoms with Crippen molar-refractivity contribution in [2.75, 3.05) is 13.7 Å². The van der Waals surface area contributed by atoms with Crippen LogP contribution in [-0.4, -0.2) is 35.5 Å². The maximum absolute atomic E-state index is 11.5. The van der Waals surface area contributed by atoms with Gasteiger partial charge in [-0.1, -0.05) is 23.4 Å². The summed E-state index contributed by atoms with van der Waals surface area (Å²) in [5.74, 6) is 0.489. The van der Waals surface area contributed by atoms with E-state index in [9.17, 15) is 9.90 Å². The largest absolute Gasteiger partial charge is 0.493 e. The van der Waals surface area contributed by atoms with Crippen LogP contribution in [0.25, 0.3) is 10.8 Å². The van der Waals surface area contributed by atoms with Crippen molar-refractivity contribution in [3.63, 3.8) is 0 Å². The van der Waals surface area contributed by atoms with E-state index in [0.29, 0.717) is 36.8 Å². The Morgan fingerprint density at radius 1 is 1.30 bits per heavy atom. The number of carboxylic acid groups (broad SMARTS) is 1. The zero-order valence-electron chi connectivity index (χ0n) is 17.1. The second kappa shape index (κ2) is 10.1. The molecule has 3 rings (SSSR count). The second-order valence-electron chi connectivity index (χ2n) is 6.75. The van der Waals surface area contributed by atoms with Crippen molar-refractivity contribution in [2.45, 2.75) is 26.7 Å². The molecular weight excluding hydrogens is 404 g/mol. The number of hydrogen-bond acceptors (Lipinski definition) is 7. The van der Waals surface area contributed by atoms with Gasteiger partial charge in [0.15, 0.2) is 0 Å². The molecule has 0 amide bonds. The van der Waals surface area contributed by atoms with Crippen LogP contribution < -0.4 is 4.74 Å². The van der Waals surface area contributed by atoms with Gasteiger partial charge in [0.05, 0.1) is 22.9 Å². The van der Waals surface area contributed by atoms with Gasteiger partial charge in [0.1, 0.15) is 24.5 Å². The number of oxazole rings is 1. The van der Waals surface area contributed by atoms with Crippen molar-refractivity contribution in [1.29, 1.82) is 0 Å². The van der Waals surface area contributed by atoms with Crippen LogP contribution in [-0.2, 0) is 22.5 Å². The summed E-state index contributed by atoms with van der Waals surface area (Å²) >= 11 is 1.59. The fourth-order valence-electron chi connectivity index (χ4n) is 3.01. The van der Waals surface area contributed by atoms with Crippen LogP contribution in [0, 0.1) is 12.8 Å². The van der Waals surface area contributed by atoms with E-state index in [0.717, 1.165) is 21.9 Å². The molecule has 0 spiro atoms. The van der Waals surface area contributed by atoms with Crippen LogP contribution >= 0.6 is 11.3 Å². The molecule has 7 nitrogen and oxygen atoms in total. The topological polar surface area (TPSA) is 94.2 Å². The minimum Gasteiger partial charge on any atom is -0.493 e. The van der Waals surface area contributed by atoms with Crippen molar-refractivity contribution in [2.24, 2.45) is 11.1 Å². The minimum atomic E-state index is -0.932. The fourth-order valence-corrected chi connectivity index (χ4v) is 3.66. The summed E-state index contributed by atoms with van der Waals surface area (Å²) in [7, 11) is 1.40. The lowest BCUT2D eigenvalue weighted by atomic mass is 9.95. The highest BCUT2D eigenvalue weighted by atomic mass is 32.1. The first-order valence-corrected chi connectivity index (χ1v) is 10.4. The molecule has 0 aliphatic carbocycles. The third-order valence-corrected chi connectivity index (χ3v) is 5.49. The number of nitrogens with zero attached hydrogens (tertiary/aromatic N) is 2. The summed E-state index contributed by atoms with van der Waals surface area (Å²) in [5, 5.41) is 15.2. The molecule has 8 heteroatoms. The second-order valence-corrected chi connectivity index (χ2v) is 7.70. The van der Waals surface area contributed by atoms with Gasteiger partial charge in [-0.15, -0.1) is 11.3 Å². The summed E-state index contributed by atoms with van der Waals surface area (Å²) < 4.78 is 11.6. The molecule has 1 unspecified atom stereocenters. The zero-order chi connectivity index (χ0) is 21.5. The van der Waals surface area contributed by atoms with Crippen LogP contribution in [0.1, 0.15) is 23.9 Å². The first kappa shape index (κ1) is 21.6. The molecule has 3 aromatic rings. The van der Waals surface area contributed by atoms with E-state index in [1.807, 2.05) is 48.7 Å². The molecule has 0 saturated heterocycles. The Kier molecular flexibility index (Phi) is 7.24. The zero-order valence-corrected chi connectivity index (χ0v) is 17.9. The highest BCUT2D eigenvalue weighted by Gasteiger charge is 2.22. The summed E-state index contributed by atoms with van der Waals surface area (Å²) in [6.45, 7) is 4.02. The van der Waals surface area contributed by atoms with E-state index in [4.69, 9.17) is 14.0 Å². The van der Waals surface area contributed by atoms with Gasteiger partial charge in [-0.05, 0) is 49.4 Å². The van der Waals surface area contributed by atoms with Crippen LogP contribution in [0.5, 0.6) is 5.75 Å². The third kappa shape index (κ3) is 5.48. The molecule has 30 heavy (non-hydrogen) atoms. The third-order valence-electron chi connectivity index (χ3n) is 4.63. The van der Waals surface area contributed by atoms with Gasteiger partial charge in [0.25, 0.3) is 0 Å². The number of oxime groups is 1. The Hall–Kier alpha value is -3.13. The van der Waals surface area contributed by atoms with Crippen LogP contribution in [0.4, 0.5) is 0 Å². The number of hydrogen-bond donors (Lipinski definition) is 1. The average Bonchev–Trinajstić information content (AvgIpc) is 3.37. The lowest BCUT2D eigenvalue weighted by molar-refractivity contribution is -0.139. The summed E-state index contributed by atoms with van der Waals surface area (Å²) in [5.41, 5.74) is 2.19. The van der Waals surface area contributed by atoms with Crippen molar-refractivity contribution >= 4 is 23.0 Å². The Balaban J connectivity index is 1.55. The van der Waals surface area contributed by atoms with Crippen molar-refractivity contribution in [3.05, 3.63) is 58.8 Å². The van der Waals surface area contributed by atoms with E-state index in [1.165, 1.54) is 7.11 Å². The van der Waals surface area contributed by atoms with Crippen molar-refractivity contribution in [1.82, 2.24) is 4.98 Å². The van der Waals surface area contributed by atoms with Gasteiger partial charge < -0.3 is 19.1 Å². The van der Waals surface area contributed by atoms with E-state index in [1.54, 1.807) is 18.3 Å². The maximum atomic E-state index is 11.5. The lowest BCUT2D eigenvalue weighted by Gasteiger charge is -2.12. The molecule has 0 saturated carbocycles. The molecule has 158 valence electrons. The molecule has 0 bridgehead atoms. The predicted molar refractivity (Wildman–Crippen MR) is 115 cm³/mol. The molecule has 1 N–H and O–H groups in total. The molecule has 0 aliphatic rings. The fraction of sp³-hybridized carbons (Fsp3) is 0.318. The number of carboxylic acids is 1. The Bertz CT molecular complexity index is 993. The van der Waals surface area contributed by atoms with E-state index >= 15 is 0 Å². The molecule has 0 fully saturated rings. The van der Waals surface area contributed by atoms with E-state index < -0.39 is 11.9 Å². The monoisotopic (exact) mass is 428 g/mol. The Morgan fingerprint density at radius 3 is 2.70 bits per heavy atom. The van der Waals surface area contributed by atoms with Gasteiger partial charge in [0.2, 0.25) is 5.89 Å². The Labute approximate surface area is 179 Å². The SMILES string of the molecule is CO/N=C(\C)C(Cc1ccc(OCCc2nc(-c3cccs3)oc2C)cc1)C(=O)O. The standard InChI is InChI=1S/C22H24N2O5S/c1-14(24-27-3)18(22(25)26)13-16-6-8-17(9-7-16)28-11-10-19-15(2)29-21(23-19)20-5-4-12-30-20/h4-9,12,18H,10-11,13H2,1-3H3,(H,25,26)/b24-14+. The van der Waals surface area contributed by atoms with E-state index in [2.05, 4.69) is 10.1 Å². The van der Waals surface area contributed by atoms with Crippen molar-refractivity contribution < 1.29 is 23.9 Å². The number of rotatable bonds is 10. The minimum absolute atomic E-state index is 0.331. The molecular formula is C22H24N2O5S. The first-order chi connectivity index (χ1) is 14.5.